The predicted octanol–water partition coefficient (Wildman–Crippen LogP) is 5.93. The maximum Gasteiger partial charge on any atom is 0.416 e. The molecule has 2 heterocycles. The zero-order valence-corrected chi connectivity index (χ0v) is 23.0. The van der Waals surface area contributed by atoms with Gasteiger partial charge in [-0.15, -0.1) is 0 Å². The predicted molar refractivity (Wildman–Crippen MR) is 158 cm³/mol. The van der Waals surface area contributed by atoms with E-state index >= 15 is 0 Å². The van der Waals surface area contributed by atoms with Crippen LogP contribution in [0, 0.1) is 0 Å². The number of rotatable bonds is 9. The molecule has 6 rings (SSSR count). The van der Waals surface area contributed by atoms with Crippen molar-refractivity contribution >= 4 is 23.8 Å². The Morgan fingerprint density at radius 2 is 1.29 bits per heavy atom. The normalized spacial score (nSPS) is 16.9. The van der Waals surface area contributed by atoms with E-state index in [9.17, 15) is 19.2 Å². The molecular weight excluding hydrogens is 528 g/mol. The van der Waals surface area contributed by atoms with E-state index in [1.54, 1.807) is 24.3 Å². The van der Waals surface area contributed by atoms with Gasteiger partial charge in [0.2, 0.25) is 5.91 Å². The standard InChI is InChI=1S/C35H30N2O5/c38-32(36-29(23-42-35(36)41)22-24-9-3-1-4-10-24)20-19-28(37-33(39)30-13-7-8-14-31(30)34(37)40)21-25-15-17-27(18-16-25)26-11-5-2-6-12-26/h1-18,28-29H,19-23H2/t28-,29+/m0/s1. The molecule has 1 fully saturated rings. The summed E-state index contributed by atoms with van der Waals surface area (Å²) in [5.74, 6) is -1.10. The highest BCUT2D eigenvalue weighted by atomic mass is 16.6. The third-order valence-corrected chi connectivity index (χ3v) is 7.96. The number of benzene rings is 4. The second-order valence-electron chi connectivity index (χ2n) is 10.7. The number of hydrogen-bond acceptors (Lipinski definition) is 5. The van der Waals surface area contributed by atoms with Crippen molar-refractivity contribution in [3.8, 4) is 11.1 Å². The summed E-state index contributed by atoms with van der Waals surface area (Å²) in [5.41, 5.74) is 4.82. The zero-order chi connectivity index (χ0) is 29.1. The first kappa shape index (κ1) is 27.1. The highest BCUT2D eigenvalue weighted by molar-refractivity contribution is 6.21. The van der Waals surface area contributed by atoms with Gasteiger partial charge in [-0.05, 0) is 53.6 Å². The van der Waals surface area contributed by atoms with Gasteiger partial charge in [0.25, 0.3) is 11.8 Å². The molecule has 0 radical (unpaired) electrons. The van der Waals surface area contributed by atoms with Gasteiger partial charge in [-0.2, -0.15) is 0 Å². The second-order valence-corrected chi connectivity index (χ2v) is 10.7. The smallest absolute Gasteiger partial charge is 0.416 e. The Morgan fingerprint density at radius 1 is 0.714 bits per heavy atom. The van der Waals surface area contributed by atoms with Crippen molar-refractivity contribution in [2.75, 3.05) is 6.61 Å². The molecule has 2 aliphatic rings. The van der Waals surface area contributed by atoms with E-state index in [4.69, 9.17) is 4.74 Å². The van der Waals surface area contributed by atoms with Crippen LogP contribution in [0.4, 0.5) is 4.79 Å². The van der Waals surface area contributed by atoms with Gasteiger partial charge in [0, 0.05) is 12.5 Å². The number of amides is 4. The summed E-state index contributed by atoms with van der Waals surface area (Å²) in [4.78, 5) is 55.3. The van der Waals surface area contributed by atoms with E-state index in [1.165, 1.54) is 9.80 Å². The lowest BCUT2D eigenvalue weighted by Crippen LogP contribution is -2.44. The quantitative estimate of drug-likeness (QED) is 0.238. The van der Waals surface area contributed by atoms with Crippen molar-refractivity contribution in [1.29, 1.82) is 0 Å². The number of imide groups is 2. The lowest BCUT2D eigenvalue weighted by atomic mass is 9.97. The minimum Gasteiger partial charge on any atom is -0.447 e. The maximum absolute atomic E-state index is 13.4. The molecule has 7 heteroatoms. The van der Waals surface area contributed by atoms with Crippen LogP contribution in [0.15, 0.2) is 109 Å². The van der Waals surface area contributed by atoms with Crippen LogP contribution in [-0.2, 0) is 22.4 Å². The Bertz CT molecular complexity index is 1580. The molecule has 0 spiro atoms. The molecule has 0 N–H and O–H groups in total. The van der Waals surface area contributed by atoms with Gasteiger partial charge in [-0.25, -0.2) is 9.69 Å². The molecule has 1 saturated heterocycles. The van der Waals surface area contributed by atoms with E-state index in [0.717, 1.165) is 22.3 Å². The van der Waals surface area contributed by atoms with Crippen LogP contribution in [0.25, 0.3) is 11.1 Å². The SMILES string of the molecule is O=C(CC[C@@H](Cc1ccc(-c2ccccc2)cc1)N1C(=O)c2ccccc2C1=O)N1C(=O)OC[C@H]1Cc1ccccc1. The Balaban J connectivity index is 1.22. The van der Waals surface area contributed by atoms with E-state index < -0.39 is 18.2 Å². The Hall–Kier alpha value is -5.04. The summed E-state index contributed by atoms with van der Waals surface area (Å²) < 4.78 is 5.25. The minimum absolute atomic E-state index is 0.0133. The highest BCUT2D eigenvalue weighted by Crippen LogP contribution is 2.29. The largest absolute Gasteiger partial charge is 0.447 e. The fourth-order valence-electron chi connectivity index (χ4n) is 5.81. The minimum atomic E-state index is -0.658. The average molecular weight is 559 g/mol. The van der Waals surface area contributed by atoms with Crippen LogP contribution in [-0.4, -0.2) is 52.3 Å². The number of carbonyl (C=O) groups is 4. The lowest BCUT2D eigenvalue weighted by molar-refractivity contribution is -0.129. The first-order valence-corrected chi connectivity index (χ1v) is 14.1. The molecule has 0 saturated carbocycles. The third-order valence-electron chi connectivity index (χ3n) is 7.96. The molecule has 2 atom stereocenters. The average Bonchev–Trinajstić information content (AvgIpc) is 3.52. The molecule has 7 nitrogen and oxygen atoms in total. The van der Waals surface area contributed by atoms with Crippen LogP contribution >= 0.6 is 0 Å². The van der Waals surface area contributed by atoms with Gasteiger partial charge in [0.15, 0.2) is 0 Å². The van der Waals surface area contributed by atoms with Crippen molar-refractivity contribution in [3.05, 3.63) is 131 Å². The van der Waals surface area contributed by atoms with Gasteiger partial charge in [-0.3, -0.25) is 19.3 Å². The van der Waals surface area contributed by atoms with E-state index in [0.29, 0.717) is 24.0 Å². The molecule has 0 bridgehead atoms. The summed E-state index contributed by atoms with van der Waals surface area (Å²) in [6.45, 7) is 0.134. The maximum atomic E-state index is 13.4. The number of cyclic esters (lactones) is 1. The first-order chi connectivity index (χ1) is 20.5. The summed E-state index contributed by atoms with van der Waals surface area (Å²) >= 11 is 0. The Kier molecular flexibility index (Phi) is 7.64. The first-order valence-electron chi connectivity index (χ1n) is 14.1. The monoisotopic (exact) mass is 558 g/mol. The van der Waals surface area contributed by atoms with Crippen LogP contribution in [0.5, 0.6) is 0 Å². The summed E-state index contributed by atoms with van der Waals surface area (Å²) in [5, 5.41) is 0. The van der Waals surface area contributed by atoms with Crippen LogP contribution in [0.1, 0.15) is 44.7 Å². The fourth-order valence-corrected chi connectivity index (χ4v) is 5.81. The van der Waals surface area contributed by atoms with Gasteiger partial charge in [0.05, 0.1) is 17.2 Å². The molecule has 2 aliphatic heterocycles. The van der Waals surface area contributed by atoms with Crippen LogP contribution in [0.3, 0.4) is 0 Å². The summed E-state index contributed by atoms with van der Waals surface area (Å²) in [6.07, 6.45) is 0.418. The van der Waals surface area contributed by atoms with Crippen molar-refractivity contribution in [1.82, 2.24) is 9.80 Å². The number of hydrogen-bond donors (Lipinski definition) is 0. The van der Waals surface area contributed by atoms with Crippen molar-refractivity contribution in [2.24, 2.45) is 0 Å². The summed E-state index contributed by atoms with van der Waals surface area (Å²) in [7, 11) is 0. The van der Waals surface area contributed by atoms with Gasteiger partial charge < -0.3 is 4.74 Å². The molecule has 4 amide bonds. The highest BCUT2D eigenvalue weighted by Gasteiger charge is 2.41. The van der Waals surface area contributed by atoms with Crippen LogP contribution < -0.4 is 0 Å². The molecule has 210 valence electrons. The van der Waals surface area contributed by atoms with Crippen LogP contribution in [0.2, 0.25) is 0 Å². The molecule has 42 heavy (non-hydrogen) atoms. The summed E-state index contributed by atoms with van der Waals surface area (Å²) in [6, 6.07) is 33.5. The second kappa shape index (κ2) is 11.8. The van der Waals surface area contributed by atoms with Crippen molar-refractivity contribution in [2.45, 2.75) is 37.8 Å². The van der Waals surface area contributed by atoms with Crippen molar-refractivity contribution in [3.63, 3.8) is 0 Å². The van der Waals surface area contributed by atoms with E-state index in [2.05, 4.69) is 0 Å². The number of fused-ring (bicyclic) bond motifs is 1. The molecule has 0 aromatic heterocycles. The molecule has 4 aromatic rings. The Morgan fingerprint density at radius 3 is 1.93 bits per heavy atom. The molecule has 0 aliphatic carbocycles. The number of carbonyl (C=O) groups excluding carboxylic acids is 4. The fraction of sp³-hybridized carbons (Fsp3) is 0.200. The molecule has 0 unspecified atom stereocenters. The van der Waals surface area contributed by atoms with Gasteiger partial charge >= 0.3 is 6.09 Å². The van der Waals surface area contributed by atoms with Gasteiger partial charge in [-0.1, -0.05) is 97.1 Å². The molecular formula is C35H30N2O5. The zero-order valence-electron chi connectivity index (χ0n) is 23.0. The van der Waals surface area contributed by atoms with E-state index in [1.807, 2.05) is 84.9 Å². The number of nitrogens with zero attached hydrogens (tertiary/aromatic N) is 2. The molecule has 4 aromatic carbocycles. The van der Waals surface area contributed by atoms with Crippen molar-refractivity contribution < 1.29 is 23.9 Å². The van der Waals surface area contributed by atoms with E-state index in [-0.39, 0.29) is 37.2 Å². The third kappa shape index (κ3) is 5.46. The van der Waals surface area contributed by atoms with Gasteiger partial charge in [0.1, 0.15) is 6.61 Å². The Labute approximate surface area is 244 Å². The lowest BCUT2D eigenvalue weighted by Gasteiger charge is -2.27. The topological polar surface area (TPSA) is 84.0 Å². The number of ether oxygens (including phenoxy) is 1.